The number of nitrogens with one attached hydrogen (secondary N) is 1. The number of nitro benzene ring substituents is 1. The highest BCUT2D eigenvalue weighted by atomic mass is 32.2. The summed E-state index contributed by atoms with van der Waals surface area (Å²) >= 11 is 0.890. The Labute approximate surface area is 142 Å². The molecule has 0 aliphatic rings. The molecule has 2 aromatic carbocycles. The van der Waals surface area contributed by atoms with E-state index in [0.29, 0.717) is 22.4 Å². The van der Waals surface area contributed by atoms with E-state index in [1.165, 1.54) is 12.1 Å². The van der Waals surface area contributed by atoms with E-state index in [9.17, 15) is 25.1 Å². The predicted octanol–water partition coefficient (Wildman–Crippen LogP) is 3.04. The Morgan fingerprint density at radius 2 is 1.71 bits per heavy atom. The number of anilines is 1. The molecule has 0 saturated carbocycles. The largest absolute Gasteiger partial charge is 0.392 e. The van der Waals surface area contributed by atoms with E-state index in [1.54, 1.807) is 24.3 Å². The number of benzene rings is 2. The highest BCUT2D eigenvalue weighted by Gasteiger charge is 2.18. The Balaban J connectivity index is 2.13. The summed E-state index contributed by atoms with van der Waals surface area (Å²) < 4.78 is 0. The number of thioether (sulfide) groups is 1. The zero-order chi connectivity index (χ0) is 17.5. The van der Waals surface area contributed by atoms with Gasteiger partial charge in [-0.05, 0) is 29.3 Å². The van der Waals surface area contributed by atoms with Gasteiger partial charge in [-0.15, -0.1) is 0 Å². The van der Waals surface area contributed by atoms with E-state index in [1.807, 2.05) is 6.07 Å². The molecule has 7 nitrogen and oxygen atoms in total. The Morgan fingerprint density at radius 3 is 2.29 bits per heavy atom. The van der Waals surface area contributed by atoms with Crippen molar-refractivity contribution in [3.63, 3.8) is 0 Å². The third kappa shape index (κ3) is 4.54. The molecule has 0 aromatic heterocycles. The zero-order valence-corrected chi connectivity index (χ0v) is 13.5. The maximum atomic E-state index is 11.9. The van der Waals surface area contributed by atoms with Gasteiger partial charge in [0.05, 0.1) is 18.1 Å². The third-order valence-electron chi connectivity index (χ3n) is 3.32. The van der Waals surface area contributed by atoms with Crippen LogP contribution in [-0.2, 0) is 19.0 Å². The second kappa shape index (κ2) is 8.44. The van der Waals surface area contributed by atoms with Crippen LogP contribution in [0.15, 0.2) is 42.5 Å². The fourth-order valence-electron chi connectivity index (χ4n) is 2.13. The van der Waals surface area contributed by atoms with Gasteiger partial charge in [0.1, 0.15) is 0 Å². The van der Waals surface area contributed by atoms with Crippen molar-refractivity contribution in [2.45, 2.75) is 19.0 Å². The quantitative estimate of drug-likeness (QED) is 0.546. The molecule has 0 bridgehead atoms. The molecule has 2 aromatic rings. The van der Waals surface area contributed by atoms with Gasteiger partial charge in [-0.2, -0.15) is 0 Å². The van der Waals surface area contributed by atoms with E-state index in [2.05, 4.69) is 5.32 Å². The van der Waals surface area contributed by atoms with Gasteiger partial charge in [-0.1, -0.05) is 30.0 Å². The van der Waals surface area contributed by atoms with E-state index < -0.39 is 11.5 Å². The second-order valence-electron chi connectivity index (χ2n) is 4.89. The molecular weight excluding hydrogens is 332 g/mol. The highest BCUT2D eigenvalue weighted by Crippen LogP contribution is 2.28. The smallest absolute Gasteiger partial charge is 0.283 e. The Hall–Kier alpha value is -2.42. The number of aliphatic hydroxyl groups is 2. The average molecular weight is 348 g/mol. The lowest BCUT2D eigenvalue weighted by molar-refractivity contribution is -0.385. The van der Waals surface area contributed by atoms with Crippen LogP contribution in [0, 0.1) is 10.1 Å². The summed E-state index contributed by atoms with van der Waals surface area (Å²) in [6.07, 6.45) is 0. The zero-order valence-electron chi connectivity index (χ0n) is 12.6. The van der Waals surface area contributed by atoms with E-state index in [-0.39, 0.29) is 23.3 Å². The number of hydrogen-bond donors (Lipinski definition) is 3. The van der Waals surface area contributed by atoms with Crippen molar-refractivity contribution in [2.75, 3.05) is 5.32 Å². The molecule has 0 aliphatic heterocycles. The summed E-state index contributed by atoms with van der Waals surface area (Å²) in [5.74, 6) is 0.0771. The van der Waals surface area contributed by atoms with Crippen LogP contribution in [0.1, 0.15) is 16.7 Å². The van der Waals surface area contributed by atoms with Crippen molar-refractivity contribution in [3.8, 4) is 0 Å². The number of nitrogens with zero attached hydrogens (tertiary/aromatic N) is 1. The van der Waals surface area contributed by atoms with Gasteiger partial charge < -0.3 is 15.5 Å². The standard InChI is InChI=1S/C16H16N2O5S/c19-8-11-6-13(15(18(22)23)7-12(11)9-20)10-24-16(21)17-14-4-2-1-3-5-14/h1-7,19-20H,8-10H2,(H,17,21). The second-order valence-corrected chi connectivity index (χ2v) is 5.84. The number of aliphatic hydroxyl groups excluding tert-OH is 2. The van der Waals surface area contributed by atoms with Crippen LogP contribution in [0.4, 0.5) is 16.2 Å². The number of carbonyl (C=O) groups excluding carboxylic acids is 1. The molecule has 2 rings (SSSR count). The Morgan fingerprint density at radius 1 is 1.08 bits per heavy atom. The molecule has 0 saturated heterocycles. The van der Waals surface area contributed by atoms with Crippen LogP contribution in [0.2, 0.25) is 0 Å². The molecule has 0 aliphatic carbocycles. The first-order valence-corrected chi connectivity index (χ1v) is 8.03. The van der Waals surface area contributed by atoms with Crippen molar-refractivity contribution in [2.24, 2.45) is 0 Å². The first-order valence-electron chi connectivity index (χ1n) is 7.04. The van der Waals surface area contributed by atoms with Crippen molar-refractivity contribution in [1.82, 2.24) is 0 Å². The van der Waals surface area contributed by atoms with E-state index in [0.717, 1.165) is 11.8 Å². The molecule has 0 atom stereocenters. The van der Waals surface area contributed by atoms with Crippen molar-refractivity contribution >= 4 is 28.4 Å². The predicted molar refractivity (Wildman–Crippen MR) is 91.7 cm³/mol. The lowest BCUT2D eigenvalue weighted by Gasteiger charge is -2.09. The summed E-state index contributed by atoms with van der Waals surface area (Å²) in [7, 11) is 0. The molecule has 0 heterocycles. The van der Waals surface area contributed by atoms with Gasteiger partial charge >= 0.3 is 0 Å². The molecule has 126 valence electrons. The van der Waals surface area contributed by atoms with Crippen LogP contribution >= 0.6 is 11.8 Å². The van der Waals surface area contributed by atoms with Gasteiger partial charge in [0, 0.05) is 23.1 Å². The Kier molecular flexibility index (Phi) is 6.30. The maximum Gasteiger partial charge on any atom is 0.283 e. The minimum atomic E-state index is -0.564. The fourth-order valence-corrected chi connectivity index (χ4v) is 2.83. The van der Waals surface area contributed by atoms with E-state index in [4.69, 9.17) is 0 Å². The summed E-state index contributed by atoms with van der Waals surface area (Å²) in [5.41, 5.74) is 1.47. The molecule has 0 unspecified atom stereocenters. The SMILES string of the molecule is O=C(Nc1ccccc1)SCc1cc(CO)c(CO)cc1[N+](=O)[O-]. The van der Waals surface area contributed by atoms with Crippen LogP contribution in [0.3, 0.4) is 0 Å². The first kappa shape index (κ1) is 17.9. The van der Waals surface area contributed by atoms with Crippen LogP contribution in [0.25, 0.3) is 0 Å². The topological polar surface area (TPSA) is 113 Å². The molecule has 24 heavy (non-hydrogen) atoms. The number of amides is 1. The molecule has 0 radical (unpaired) electrons. The number of carbonyl (C=O) groups is 1. The monoisotopic (exact) mass is 348 g/mol. The van der Waals surface area contributed by atoms with Crippen LogP contribution in [-0.4, -0.2) is 20.4 Å². The molecular formula is C16H16N2O5S. The lowest BCUT2D eigenvalue weighted by atomic mass is 10.0. The number of nitro groups is 1. The molecule has 0 spiro atoms. The van der Waals surface area contributed by atoms with Crippen molar-refractivity contribution in [3.05, 3.63) is 69.3 Å². The highest BCUT2D eigenvalue weighted by molar-refractivity contribution is 8.13. The molecule has 8 heteroatoms. The minimum Gasteiger partial charge on any atom is -0.392 e. The van der Waals surface area contributed by atoms with Gasteiger partial charge in [0.2, 0.25) is 0 Å². The first-order chi connectivity index (χ1) is 11.5. The summed E-state index contributed by atoms with van der Waals surface area (Å²) in [4.78, 5) is 22.5. The van der Waals surface area contributed by atoms with Crippen molar-refractivity contribution in [1.29, 1.82) is 0 Å². The Bertz CT molecular complexity index is 737. The molecule has 1 amide bonds. The number of para-hydroxylation sites is 1. The third-order valence-corrected chi connectivity index (χ3v) is 4.14. The van der Waals surface area contributed by atoms with Crippen LogP contribution in [0.5, 0.6) is 0 Å². The number of rotatable bonds is 6. The van der Waals surface area contributed by atoms with E-state index >= 15 is 0 Å². The van der Waals surface area contributed by atoms with Crippen LogP contribution < -0.4 is 5.32 Å². The average Bonchev–Trinajstić information content (AvgIpc) is 2.59. The molecule has 3 N–H and O–H groups in total. The fraction of sp³-hybridized carbons (Fsp3) is 0.188. The van der Waals surface area contributed by atoms with Crippen molar-refractivity contribution < 1.29 is 19.9 Å². The lowest BCUT2D eigenvalue weighted by Crippen LogP contribution is -2.06. The number of hydrogen-bond acceptors (Lipinski definition) is 6. The summed E-state index contributed by atoms with van der Waals surface area (Å²) in [6, 6.07) is 11.6. The van der Waals surface area contributed by atoms with Gasteiger partial charge in [0.25, 0.3) is 10.9 Å². The van der Waals surface area contributed by atoms with Gasteiger partial charge in [0.15, 0.2) is 0 Å². The summed E-state index contributed by atoms with van der Waals surface area (Å²) in [5, 5.41) is 32.0. The minimum absolute atomic E-state index is 0.0771. The summed E-state index contributed by atoms with van der Waals surface area (Å²) in [6.45, 7) is -0.750. The molecule has 0 fully saturated rings. The van der Waals surface area contributed by atoms with Gasteiger partial charge in [-0.3, -0.25) is 14.9 Å². The normalized spacial score (nSPS) is 10.4. The maximum absolute atomic E-state index is 11.9. The van der Waals surface area contributed by atoms with Gasteiger partial charge in [-0.25, -0.2) is 0 Å².